The van der Waals surface area contributed by atoms with Crippen LogP contribution in [-0.4, -0.2) is 50.0 Å². The third-order valence-electron chi connectivity index (χ3n) is 5.84. The first-order valence-corrected chi connectivity index (χ1v) is 12.8. The van der Waals surface area contributed by atoms with Crippen molar-refractivity contribution < 1.29 is 17.9 Å². The predicted octanol–water partition coefficient (Wildman–Crippen LogP) is 3.75. The van der Waals surface area contributed by atoms with Gasteiger partial charge in [-0.1, -0.05) is 12.1 Å². The van der Waals surface area contributed by atoms with E-state index in [4.69, 9.17) is 4.74 Å². The van der Waals surface area contributed by atoms with Crippen molar-refractivity contribution in [2.24, 2.45) is 0 Å². The van der Waals surface area contributed by atoms with E-state index in [1.165, 1.54) is 11.3 Å². The Balaban J connectivity index is 1.46. The second-order valence-corrected chi connectivity index (χ2v) is 10.8. The van der Waals surface area contributed by atoms with E-state index in [-0.39, 0.29) is 11.9 Å². The number of aryl methyl sites for hydroxylation is 1. The third-order valence-corrected chi connectivity index (χ3v) is 8.75. The van der Waals surface area contributed by atoms with Gasteiger partial charge < -0.3 is 14.2 Å². The molecule has 3 aromatic rings. The standard InChI is InChI=1S/C23H27N3O4S2/c1-16-14-21(17(2)26(16)19-6-4-7-20(15-19)30-3)23(27)25-11-9-18(10-12-25)24-32(28,29)22-8-5-13-31-22/h4-8,13-15,18,24H,9-12H2,1-3H3. The lowest BCUT2D eigenvalue weighted by atomic mass is 10.0. The summed E-state index contributed by atoms with van der Waals surface area (Å²) in [5.41, 5.74) is 3.46. The van der Waals surface area contributed by atoms with E-state index >= 15 is 0 Å². The van der Waals surface area contributed by atoms with Crippen LogP contribution in [0, 0.1) is 13.8 Å². The van der Waals surface area contributed by atoms with Gasteiger partial charge in [-0.05, 0) is 56.3 Å². The normalized spacial score (nSPS) is 15.2. The number of carbonyl (C=O) groups excluding carboxylic acids is 1. The van der Waals surface area contributed by atoms with Crippen LogP contribution in [0.2, 0.25) is 0 Å². The summed E-state index contributed by atoms with van der Waals surface area (Å²) in [5, 5.41) is 1.75. The lowest BCUT2D eigenvalue weighted by Crippen LogP contribution is -2.46. The highest BCUT2D eigenvalue weighted by Crippen LogP contribution is 2.26. The van der Waals surface area contributed by atoms with Crippen molar-refractivity contribution in [1.82, 2.24) is 14.2 Å². The molecule has 0 bridgehead atoms. The molecular formula is C23H27N3O4S2. The number of carbonyl (C=O) groups is 1. The van der Waals surface area contributed by atoms with Crippen molar-refractivity contribution in [1.29, 1.82) is 0 Å². The summed E-state index contributed by atoms with van der Waals surface area (Å²) < 4.78 is 35.4. The van der Waals surface area contributed by atoms with Crippen LogP contribution in [0.3, 0.4) is 0 Å². The molecule has 0 atom stereocenters. The Hall–Kier alpha value is -2.62. The summed E-state index contributed by atoms with van der Waals surface area (Å²) >= 11 is 1.20. The Morgan fingerprint density at radius 1 is 1.12 bits per heavy atom. The number of rotatable bonds is 6. The minimum Gasteiger partial charge on any atom is -0.497 e. The molecule has 1 saturated heterocycles. The third kappa shape index (κ3) is 4.46. The van der Waals surface area contributed by atoms with Gasteiger partial charge in [0.25, 0.3) is 5.91 Å². The monoisotopic (exact) mass is 473 g/mol. The summed E-state index contributed by atoms with van der Waals surface area (Å²) in [7, 11) is -1.87. The minimum absolute atomic E-state index is 0.0215. The van der Waals surface area contributed by atoms with Crippen molar-refractivity contribution in [2.45, 2.75) is 36.9 Å². The van der Waals surface area contributed by atoms with Gasteiger partial charge >= 0.3 is 0 Å². The molecule has 2 aromatic heterocycles. The largest absolute Gasteiger partial charge is 0.497 e. The first-order chi connectivity index (χ1) is 15.3. The molecule has 0 unspecified atom stereocenters. The topological polar surface area (TPSA) is 80.6 Å². The van der Waals surface area contributed by atoms with E-state index in [1.54, 1.807) is 24.6 Å². The molecule has 0 aliphatic carbocycles. The zero-order valence-electron chi connectivity index (χ0n) is 18.4. The van der Waals surface area contributed by atoms with E-state index < -0.39 is 10.0 Å². The van der Waals surface area contributed by atoms with E-state index in [0.29, 0.717) is 35.7 Å². The molecule has 7 nitrogen and oxygen atoms in total. The van der Waals surface area contributed by atoms with Crippen molar-refractivity contribution in [3.05, 3.63) is 64.8 Å². The van der Waals surface area contributed by atoms with Gasteiger partial charge in [0, 0.05) is 42.3 Å². The molecular weight excluding hydrogens is 446 g/mol. The molecule has 4 rings (SSSR count). The molecule has 9 heteroatoms. The lowest BCUT2D eigenvalue weighted by Gasteiger charge is -2.32. The van der Waals surface area contributed by atoms with Gasteiger partial charge in [-0.15, -0.1) is 11.3 Å². The molecule has 1 fully saturated rings. The molecule has 1 aliphatic rings. The highest BCUT2D eigenvalue weighted by atomic mass is 32.2. The van der Waals surface area contributed by atoms with E-state index in [2.05, 4.69) is 9.29 Å². The number of nitrogens with one attached hydrogen (secondary N) is 1. The fourth-order valence-corrected chi connectivity index (χ4v) is 6.51. The van der Waals surface area contributed by atoms with Gasteiger partial charge in [0.1, 0.15) is 9.96 Å². The second kappa shape index (κ2) is 9.09. The van der Waals surface area contributed by atoms with Crippen molar-refractivity contribution in [2.75, 3.05) is 20.2 Å². The molecule has 0 saturated carbocycles. The molecule has 32 heavy (non-hydrogen) atoms. The number of methoxy groups -OCH3 is 1. The van der Waals surface area contributed by atoms with Crippen molar-refractivity contribution in [3.8, 4) is 11.4 Å². The van der Waals surface area contributed by atoms with Gasteiger partial charge in [0.2, 0.25) is 10.0 Å². The van der Waals surface area contributed by atoms with Crippen LogP contribution in [0.25, 0.3) is 5.69 Å². The first-order valence-electron chi connectivity index (χ1n) is 10.5. The summed E-state index contributed by atoms with van der Waals surface area (Å²) in [6.45, 7) is 4.95. The molecule has 170 valence electrons. The van der Waals surface area contributed by atoms with Gasteiger partial charge in [-0.2, -0.15) is 0 Å². The van der Waals surface area contributed by atoms with Crippen LogP contribution in [0.4, 0.5) is 0 Å². The Labute approximate surface area is 192 Å². The maximum Gasteiger partial charge on any atom is 0.255 e. The van der Waals surface area contributed by atoms with Crippen molar-refractivity contribution in [3.63, 3.8) is 0 Å². The van der Waals surface area contributed by atoms with Gasteiger partial charge in [0.05, 0.1) is 12.7 Å². The van der Waals surface area contributed by atoms with E-state index in [0.717, 1.165) is 22.8 Å². The molecule has 3 heterocycles. The number of ether oxygens (including phenoxy) is 1. The minimum atomic E-state index is -3.50. The van der Waals surface area contributed by atoms with Crippen LogP contribution in [0.1, 0.15) is 34.6 Å². The number of thiophene rings is 1. The molecule has 1 amide bonds. The Morgan fingerprint density at radius 3 is 2.53 bits per heavy atom. The fourth-order valence-electron chi connectivity index (χ4n) is 4.19. The Bertz CT molecular complexity index is 1210. The number of nitrogens with zero attached hydrogens (tertiary/aromatic N) is 2. The number of aromatic nitrogens is 1. The molecule has 0 spiro atoms. The smallest absolute Gasteiger partial charge is 0.255 e. The van der Waals surface area contributed by atoms with E-state index in [9.17, 15) is 13.2 Å². The molecule has 1 N–H and O–H groups in total. The SMILES string of the molecule is COc1cccc(-n2c(C)cc(C(=O)N3CCC(NS(=O)(=O)c4cccs4)CC3)c2C)c1. The predicted molar refractivity (Wildman–Crippen MR) is 125 cm³/mol. The van der Waals surface area contributed by atoms with Crippen molar-refractivity contribution >= 4 is 27.3 Å². The summed E-state index contributed by atoms with van der Waals surface area (Å²) in [5.74, 6) is 0.738. The van der Waals surface area contributed by atoms with Crippen LogP contribution in [0.15, 0.2) is 52.1 Å². The van der Waals surface area contributed by atoms with E-state index in [1.807, 2.05) is 49.1 Å². The number of piperidine rings is 1. The number of sulfonamides is 1. The number of amides is 1. The van der Waals surface area contributed by atoms with Crippen LogP contribution < -0.4 is 9.46 Å². The highest BCUT2D eigenvalue weighted by molar-refractivity contribution is 7.91. The van der Waals surface area contributed by atoms with Crippen LogP contribution in [-0.2, 0) is 10.0 Å². The Morgan fingerprint density at radius 2 is 1.88 bits per heavy atom. The fraction of sp³-hybridized carbons (Fsp3) is 0.348. The Kier molecular flexibility index (Phi) is 6.41. The van der Waals surface area contributed by atoms with Gasteiger partial charge in [-0.3, -0.25) is 4.79 Å². The maximum atomic E-state index is 13.3. The quantitative estimate of drug-likeness (QED) is 0.591. The van der Waals surface area contributed by atoms with Crippen LogP contribution >= 0.6 is 11.3 Å². The zero-order valence-corrected chi connectivity index (χ0v) is 20.0. The highest BCUT2D eigenvalue weighted by Gasteiger charge is 2.29. The summed E-state index contributed by atoms with van der Waals surface area (Å²) in [6, 6.07) is 12.8. The maximum absolute atomic E-state index is 13.3. The number of benzene rings is 1. The summed E-state index contributed by atoms with van der Waals surface area (Å²) in [4.78, 5) is 15.1. The average molecular weight is 474 g/mol. The first kappa shape index (κ1) is 22.6. The lowest BCUT2D eigenvalue weighted by molar-refractivity contribution is 0.0710. The number of likely N-dealkylation sites (tertiary alicyclic amines) is 1. The second-order valence-electron chi connectivity index (χ2n) is 7.94. The number of hydrogen-bond donors (Lipinski definition) is 1. The zero-order chi connectivity index (χ0) is 22.9. The van der Waals surface area contributed by atoms with Gasteiger partial charge in [-0.25, -0.2) is 13.1 Å². The summed E-state index contributed by atoms with van der Waals surface area (Å²) in [6.07, 6.45) is 1.18. The van der Waals surface area contributed by atoms with Gasteiger partial charge in [0.15, 0.2) is 0 Å². The number of hydrogen-bond acceptors (Lipinski definition) is 5. The molecule has 1 aliphatic heterocycles. The molecule has 1 aromatic carbocycles. The molecule has 0 radical (unpaired) electrons. The average Bonchev–Trinajstić information content (AvgIpc) is 3.42. The van der Waals surface area contributed by atoms with Crippen LogP contribution in [0.5, 0.6) is 5.75 Å².